The number of nitrogens with zero attached hydrogens (tertiary/aromatic N) is 1. The van der Waals surface area contributed by atoms with Crippen molar-refractivity contribution in [2.24, 2.45) is 0 Å². The molecule has 0 N–H and O–H groups in total. The number of thioether (sulfide) groups is 2. The second-order valence-corrected chi connectivity index (χ2v) is 19.3. The van der Waals surface area contributed by atoms with Gasteiger partial charge in [0, 0.05) is 29.1 Å². The quantitative estimate of drug-likeness (QED) is 0.148. The molecule has 0 aromatic carbocycles. The summed E-state index contributed by atoms with van der Waals surface area (Å²) in [5.41, 5.74) is -2.02. The Morgan fingerprint density at radius 2 is 1.70 bits per heavy atom. The van der Waals surface area contributed by atoms with Crippen LogP contribution in [0.1, 0.15) is 48.0 Å². The summed E-state index contributed by atoms with van der Waals surface area (Å²) < 4.78 is 30.4. The lowest BCUT2D eigenvalue weighted by atomic mass is 10.4. The monoisotopic (exact) mass is 557 g/mol. The summed E-state index contributed by atoms with van der Waals surface area (Å²) in [5, 5.41) is 0.114. The van der Waals surface area contributed by atoms with E-state index in [1.807, 2.05) is 39.5 Å². The summed E-state index contributed by atoms with van der Waals surface area (Å²) in [7, 11) is 0. The van der Waals surface area contributed by atoms with Gasteiger partial charge >= 0.3 is 6.72 Å². The molecule has 0 aromatic rings. The van der Waals surface area contributed by atoms with Crippen molar-refractivity contribution in [3.63, 3.8) is 0 Å². The maximum atomic E-state index is 12.6. The first-order chi connectivity index (χ1) is 14.2. The van der Waals surface area contributed by atoms with Crippen molar-refractivity contribution in [1.29, 1.82) is 0 Å². The van der Waals surface area contributed by atoms with Crippen molar-refractivity contribution in [2.75, 3.05) is 49.4 Å². The molecule has 0 saturated carbocycles. The Balaban J connectivity index is 0.000000567. The first kappa shape index (κ1) is 31.6. The Labute approximate surface area is 205 Å². The molecular weight excluding hydrogens is 520 g/mol. The third kappa shape index (κ3) is 12.8. The lowest BCUT2D eigenvalue weighted by molar-refractivity contribution is 0.241. The van der Waals surface area contributed by atoms with Gasteiger partial charge in [-0.1, -0.05) is 43.9 Å². The largest absolute Gasteiger partial charge is 0.356 e. The number of hydrogen-bond acceptors (Lipinski definition) is 10. The molecule has 0 bridgehead atoms. The SMILES string of the molecule is CCOP(=O)(SC(C)CC)N1CCSC1=O.CCOP(=S)(OCC)SCCSCC. The molecule has 0 aliphatic carbocycles. The summed E-state index contributed by atoms with van der Waals surface area (Å²) in [6.07, 6.45) is 0.914. The van der Waals surface area contributed by atoms with Gasteiger partial charge in [0.15, 0.2) is 0 Å². The van der Waals surface area contributed by atoms with Gasteiger partial charge in [0.1, 0.15) is 0 Å². The molecule has 2 unspecified atom stereocenters. The molecule has 0 radical (unpaired) electrons. The molecule has 1 aliphatic rings. The van der Waals surface area contributed by atoms with Crippen LogP contribution in [-0.4, -0.2) is 64.5 Å². The topological polar surface area (TPSA) is 65.1 Å². The van der Waals surface area contributed by atoms with E-state index in [0.717, 1.165) is 23.7 Å². The van der Waals surface area contributed by atoms with Gasteiger partial charge in [0.2, 0.25) is 5.69 Å². The molecule has 1 amide bonds. The normalized spacial score (nSPS) is 17.4. The second-order valence-electron chi connectivity index (χ2n) is 5.76. The van der Waals surface area contributed by atoms with Crippen LogP contribution < -0.4 is 0 Å². The minimum atomic E-state index is -3.02. The maximum absolute atomic E-state index is 12.6. The average Bonchev–Trinajstić information content (AvgIpc) is 3.13. The smallest absolute Gasteiger partial charge is 0.322 e. The predicted octanol–water partition coefficient (Wildman–Crippen LogP) is 7.60. The van der Waals surface area contributed by atoms with Gasteiger partial charge in [-0.05, 0) is 56.1 Å². The van der Waals surface area contributed by atoms with Crippen molar-refractivity contribution >= 4 is 75.7 Å². The van der Waals surface area contributed by atoms with Crippen LogP contribution in [0.15, 0.2) is 0 Å². The summed E-state index contributed by atoms with van der Waals surface area (Å²) in [6.45, 7) is 11.1. The fourth-order valence-corrected chi connectivity index (χ4v) is 14.3. The highest BCUT2D eigenvalue weighted by Gasteiger charge is 2.40. The molecule has 13 heteroatoms. The summed E-state index contributed by atoms with van der Waals surface area (Å²) in [4.78, 5) is 11.6. The Kier molecular flexibility index (Phi) is 19.0. The maximum Gasteiger partial charge on any atom is 0.356 e. The Hall–Kier alpha value is 1.63. The van der Waals surface area contributed by atoms with E-state index in [1.54, 1.807) is 18.3 Å². The zero-order valence-corrected chi connectivity index (χ0v) is 24.7. The first-order valence-corrected chi connectivity index (χ1v) is 19.6. The minimum absolute atomic E-state index is 0.118. The van der Waals surface area contributed by atoms with Gasteiger partial charge < -0.3 is 13.6 Å². The third-order valence-corrected chi connectivity index (χ3v) is 16.5. The fourth-order valence-electron chi connectivity index (χ4n) is 2.01. The minimum Gasteiger partial charge on any atom is -0.322 e. The Bertz CT molecular complexity index is 563. The number of amides is 1. The molecule has 6 nitrogen and oxygen atoms in total. The van der Waals surface area contributed by atoms with E-state index in [4.69, 9.17) is 25.4 Å². The number of carbonyl (C=O) groups is 1. The lowest BCUT2D eigenvalue weighted by Crippen LogP contribution is -2.20. The van der Waals surface area contributed by atoms with Crippen LogP contribution in [0.3, 0.4) is 0 Å². The summed E-state index contributed by atoms with van der Waals surface area (Å²) in [5.74, 6) is 4.01. The van der Waals surface area contributed by atoms with Crippen LogP contribution in [0, 0.1) is 0 Å². The molecule has 1 heterocycles. The van der Waals surface area contributed by atoms with E-state index in [2.05, 4.69) is 6.92 Å². The summed E-state index contributed by atoms with van der Waals surface area (Å²) in [6, 6.07) is 0. The van der Waals surface area contributed by atoms with Crippen molar-refractivity contribution in [3.05, 3.63) is 0 Å². The van der Waals surface area contributed by atoms with Crippen molar-refractivity contribution in [2.45, 2.75) is 53.2 Å². The van der Waals surface area contributed by atoms with E-state index in [0.29, 0.717) is 32.1 Å². The zero-order valence-electron chi connectivity index (χ0n) is 18.9. The Morgan fingerprint density at radius 3 is 2.13 bits per heavy atom. The molecule has 2 atom stereocenters. The molecule has 1 saturated heterocycles. The molecule has 180 valence electrons. The van der Waals surface area contributed by atoms with Gasteiger partial charge in [0.05, 0.1) is 19.8 Å². The van der Waals surface area contributed by atoms with E-state index < -0.39 is 12.4 Å². The van der Waals surface area contributed by atoms with Crippen LogP contribution in [0.2, 0.25) is 0 Å². The van der Waals surface area contributed by atoms with Crippen LogP contribution in [0.4, 0.5) is 4.79 Å². The standard InChI is InChI=1S/C9H18NO3PS2.C8H19O2PS3/c1-4-8(3)16-14(12,13-5-2)10-6-7-15-9(10)11;1-4-9-11(12,10-5-2)14-8-7-13-6-3/h8H,4-7H2,1-3H3;4-8H2,1-3H3. The molecule has 1 fully saturated rings. The second kappa shape index (κ2) is 18.0. The van der Waals surface area contributed by atoms with E-state index >= 15 is 0 Å². The third-order valence-electron chi connectivity index (χ3n) is 3.47. The molecule has 1 rings (SSSR count). The number of hydrogen-bond donors (Lipinski definition) is 0. The average molecular weight is 558 g/mol. The number of carbonyl (C=O) groups excluding carboxylic acids is 1. The van der Waals surface area contributed by atoms with Gasteiger partial charge in [-0.25, -0.2) is 0 Å². The number of rotatable bonds is 15. The Morgan fingerprint density at radius 1 is 1.10 bits per heavy atom. The molecular formula is C17H37NO5P2S5. The molecule has 1 aliphatic heterocycles. The van der Waals surface area contributed by atoms with Gasteiger partial charge in [-0.3, -0.25) is 14.0 Å². The summed E-state index contributed by atoms with van der Waals surface area (Å²) >= 11 is 11.5. The van der Waals surface area contributed by atoms with Crippen LogP contribution in [-0.2, 0) is 29.9 Å². The zero-order chi connectivity index (χ0) is 23.0. The van der Waals surface area contributed by atoms with E-state index in [-0.39, 0.29) is 10.5 Å². The van der Waals surface area contributed by atoms with Crippen molar-refractivity contribution in [1.82, 2.24) is 4.67 Å². The lowest BCUT2D eigenvalue weighted by Gasteiger charge is -2.27. The highest BCUT2D eigenvalue weighted by atomic mass is 32.9. The molecule has 0 aromatic heterocycles. The highest BCUT2D eigenvalue weighted by Crippen LogP contribution is 2.66. The fraction of sp³-hybridized carbons (Fsp3) is 0.941. The predicted molar refractivity (Wildman–Crippen MR) is 144 cm³/mol. The van der Waals surface area contributed by atoms with Crippen LogP contribution in [0.5, 0.6) is 0 Å². The molecule has 0 spiro atoms. The van der Waals surface area contributed by atoms with Gasteiger partial charge in [-0.15, -0.1) is 0 Å². The van der Waals surface area contributed by atoms with Crippen LogP contribution >= 0.6 is 58.7 Å². The van der Waals surface area contributed by atoms with Crippen molar-refractivity contribution in [3.8, 4) is 0 Å². The molecule has 30 heavy (non-hydrogen) atoms. The van der Waals surface area contributed by atoms with E-state index in [1.165, 1.54) is 27.8 Å². The highest BCUT2D eigenvalue weighted by molar-refractivity contribution is 8.68. The first-order valence-electron chi connectivity index (χ1n) is 10.2. The van der Waals surface area contributed by atoms with Crippen LogP contribution in [0.25, 0.3) is 0 Å². The van der Waals surface area contributed by atoms with E-state index in [9.17, 15) is 9.36 Å². The van der Waals surface area contributed by atoms with Gasteiger partial charge in [0.25, 0.3) is 5.24 Å². The van der Waals surface area contributed by atoms with Gasteiger partial charge in [-0.2, -0.15) is 11.8 Å². The van der Waals surface area contributed by atoms with Crippen molar-refractivity contribution < 1.29 is 22.9 Å².